The van der Waals surface area contributed by atoms with Crippen LogP contribution in [-0.2, 0) is 6.42 Å². The van der Waals surface area contributed by atoms with E-state index in [4.69, 9.17) is 9.47 Å². The molecule has 0 bridgehead atoms. The third-order valence-corrected chi connectivity index (χ3v) is 3.68. The van der Waals surface area contributed by atoms with Crippen molar-refractivity contribution in [3.05, 3.63) is 53.9 Å². The van der Waals surface area contributed by atoms with E-state index in [-0.39, 0.29) is 12.1 Å². The van der Waals surface area contributed by atoms with Crippen LogP contribution >= 0.6 is 0 Å². The molecule has 0 saturated heterocycles. The first kappa shape index (κ1) is 12.9. The Balaban J connectivity index is 1.85. The second-order valence-corrected chi connectivity index (χ2v) is 4.89. The number of methoxy groups -OCH3 is 1. The largest absolute Gasteiger partial charge is 0.495 e. The van der Waals surface area contributed by atoms with E-state index in [1.54, 1.807) is 13.3 Å². The summed E-state index contributed by atoms with van der Waals surface area (Å²) in [5.41, 5.74) is 2.33. The standard InChI is InChI=1S/C16H18N2O2/c1-17-16(12-7-13(19-2)10-18-9-12)15-8-11-5-3-4-6-14(11)20-15/h3-7,9-10,15-17H,8H2,1-2H3. The van der Waals surface area contributed by atoms with Gasteiger partial charge in [-0.05, 0) is 30.3 Å². The van der Waals surface area contributed by atoms with Crippen molar-refractivity contribution in [2.45, 2.75) is 18.6 Å². The highest BCUT2D eigenvalue weighted by Gasteiger charge is 2.30. The minimum Gasteiger partial charge on any atom is -0.495 e. The van der Waals surface area contributed by atoms with Crippen molar-refractivity contribution in [3.63, 3.8) is 0 Å². The normalized spacial score (nSPS) is 18.2. The van der Waals surface area contributed by atoms with Gasteiger partial charge in [0.25, 0.3) is 0 Å². The lowest BCUT2D eigenvalue weighted by Gasteiger charge is -2.23. The maximum atomic E-state index is 6.06. The van der Waals surface area contributed by atoms with Gasteiger partial charge in [-0.3, -0.25) is 4.98 Å². The van der Waals surface area contributed by atoms with Crippen LogP contribution in [-0.4, -0.2) is 25.2 Å². The molecule has 0 radical (unpaired) electrons. The van der Waals surface area contributed by atoms with Gasteiger partial charge in [-0.2, -0.15) is 0 Å². The Morgan fingerprint density at radius 2 is 2.20 bits per heavy atom. The molecule has 2 heterocycles. The van der Waals surface area contributed by atoms with Crippen molar-refractivity contribution in [1.82, 2.24) is 10.3 Å². The van der Waals surface area contributed by atoms with Crippen LogP contribution in [0.1, 0.15) is 17.2 Å². The van der Waals surface area contributed by atoms with E-state index in [1.165, 1.54) is 5.56 Å². The highest BCUT2D eigenvalue weighted by atomic mass is 16.5. The number of ether oxygens (including phenoxy) is 2. The smallest absolute Gasteiger partial charge is 0.137 e. The molecule has 4 nitrogen and oxygen atoms in total. The number of para-hydroxylation sites is 1. The first-order valence-corrected chi connectivity index (χ1v) is 6.72. The molecule has 1 aliphatic rings. The van der Waals surface area contributed by atoms with E-state index in [0.29, 0.717) is 0 Å². The summed E-state index contributed by atoms with van der Waals surface area (Å²) < 4.78 is 11.3. The van der Waals surface area contributed by atoms with Gasteiger partial charge in [-0.1, -0.05) is 18.2 Å². The molecule has 1 aliphatic heterocycles. The van der Waals surface area contributed by atoms with Crippen LogP contribution in [0.15, 0.2) is 42.7 Å². The third kappa shape index (κ3) is 2.34. The number of fused-ring (bicyclic) bond motifs is 1. The summed E-state index contributed by atoms with van der Waals surface area (Å²) in [5.74, 6) is 1.74. The molecule has 0 saturated carbocycles. The molecule has 4 heteroatoms. The molecule has 2 unspecified atom stereocenters. The summed E-state index contributed by atoms with van der Waals surface area (Å²) in [7, 11) is 3.59. The Hall–Kier alpha value is -2.07. The van der Waals surface area contributed by atoms with Crippen LogP contribution in [0.5, 0.6) is 11.5 Å². The summed E-state index contributed by atoms with van der Waals surface area (Å²) >= 11 is 0. The fourth-order valence-electron chi connectivity index (χ4n) is 2.68. The lowest BCUT2D eigenvalue weighted by molar-refractivity contribution is 0.183. The maximum Gasteiger partial charge on any atom is 0.137 e. The molecule has 1 aromatic heterocycles. The van der Waals surface area contributed by atoms with Crippen LogP contribution in [0.2, 0.25) is 0 Å². The number of aromatic nitrogens is 1. The minimum absolute atomic E-state index is 0.0753. The Labute approximate surface area is 118 Å². The van der Waals surface area contributed by atoms with E-state index < -0.39 is 0 Å². The number of nitrogens with zero attached hydrogens (tertiary/aromatic N) is 1. The van der Waals surface area contributed by atoms with Gasteiger partial charge in [0.2, 0.25) is 0 Å². The van der Waals surface area contributed by atoms with E-state index >= 15 is 0 Å². The summed E-state index contributed by atoms with van der Waals surface area (Å²) in [5, 5.41) is 3.33. The predicted molar refractivity (Wildman–Crippen MR) is 77.2 cm³/mol. The number of pyridine rings is 1. The first-order chi connectivity index (χ1) is 9.81. The monoisotopic (exact) mass is 270 g/mol. The maximum absolute atomic E-state index is 6.06. The Kier molecular flexibility index (Phi) is 3.56. The van der Waals surface area contributed by atoms with E-state index in [2.05, 4.69) is 16.4 Å². The molecule has 0 fully saturated rings. The molecule has 20 heavy (non-hydrogen) atoms. The summed E-state index contributed by atoms with van der Waals surface area (Å²) in [6, 6.07) is 10.3. The second-order valence-electron chi connectivity index (χ2n) is 4.89. The number of rotatable bonds is 4. The Morgan fingerprint density at radius 3 is 2.95 bits per heavy atom. The number of likely N-dealkylation sites (N-methyl/N-ethyl adjacent to an activating group) is 1. The number of hydrogen-bond acceptors (Lipinski definition) is 4. The molecule has 0 amide bonds. The molecule has 0 spiro atoms. The summed E-state index contributed by atoms with van der Waals surface area (Å²) in [6.45, 7) is 0. The van der Waals surface area contributed by atoms with Gasteiger partial charge in [0.1, 0.15) is 17.6 Å². The predicted octanol–water partition coefficient (Wildman–Crippen LogP) is 2.35. The lowest BCUT2D eigenvalue weighted by atomic mass is 9.99. The molecule has 1 N–H and O–H groups in total. The number of hydrogen-bond donors (Lipinski definition) is 1. The van der Waals surface area contributed by atoms with Crippen molar-refractivity contribution < 1.29 is 9.47 Å². The van der Waals surface area contributed by atoms with E-state index in [1.807, 2.05) is 37.5 Å². The zero-order chi connectivity index (χ0) is 13.9. The van der Waals surface area contributed by atoms with Crippen molar-refractivity contribution in [2.75, 3.05) is 14.2 Å². The van der Waals surface area contributed by atoms with Crippen LogP contribution in [0, 0.1) is 0 Å². The molecule has 2 atom stereocenters. The number of benzene rings is 1. The molecule has 1 aromatic carbocycles. The fourth-order valence-corrected chi connectivity index (χ4v) is 2.68. The van der Waals surface area contributed by atoms with E-state index in [0.717, 1.165) is 23.5 Å². The zero-order valence-electron chi connectivity index (χ0n) is 11.7. The lowest BCUT2D eigenvalue weighted by Crippen LogP contribution is -2.32. The van der Waals surface area contributed by atoms with Crippen LogP contribution in [0.4, 0.5) is 0 Å². The minimum atomic E-state index is 0.0753. The second kappa shape index (κ2) is 5.51. The van der Waals surface area contributed by atoms with Gasteiger partial charge in [0, 0.05) is 12.6 Å². The van der Waals surface area contributed by atoms with Crippen molar-refractivity contribution >= 4 is 0 Å². The van der Waals surface area contributed by atoms with Gasteiger partial charge in [0.05, 0.1) is 19.3 Å². The van der Waals surface area contributed by atoms with Gasteiger partial charge < -0.3 is 14.8 Å². The SMILES string of the molecule is CNC(c1cncc(OC)c1)C1Cc2ccccc2O1. The molecule has 104 valence electrons. The Morgan fingerprint density at radius 1 is 1.35 bits per heavy atom. The van der Waals surface area contributed by atoms with Crippen LogP contribution in [0.3, 0.4) is 0 Å². The highest BCUT2D eigenvalue weighted by Crippen LogP contribution is 2.34. The quantitative estimate of drug-likeness (QED) is 0.926. The third-order valence-electron chi connectivity index (χ3n) is 3.68. The average molecular weight is 270 g/mol. The Bertz CT molecular complexity index is 576. The molecule has 2 aromatic rings. The van der Waals surface area contributed by atoms with Gasteiger partial charge in [-0.25, -0.2) is 0 Å². The molecule has 0 aliphatic carbocycles. The highest BCUT2D eigenvalue weighted by molar-refractivity contribution is 5.39. The van der Waals surface area contributed by atoms with Crippen molar-refractivity contribution in [2.24, 2.45) is 0 Å². The molecule has 3 rings (SSSR count). The average Bonchev–Trinajstić information content (AvgIpc) is 2.91. The first-order valence-electron chi connectivity index (χ1n) is 6.72. The topological polar surface area (TPSA) is 43.4 Å². The number of nitrogens with one attached hydrogen (secondary N) is 1. The summed E-state index contributed by atoms with van der Waals surface area (Å²) in [6.07, 6.45) is 4.54. The molecular formula is C16H18N2O2. The van der Waals surface area contributed by atoms with Gasteiger partial charge >= 0.3 is 0 Å². The van der Waals surface area contributed by atoms with E-state index in [9.17, 15) is 0 Å². The van der Waals surface area contributed by atoms with Crippen LogP contribution in [0.25, 0.3) is 0 Å². The van der Waals surface area contributed by atoms with Gasteiger partial charge in [-0.15, -0.1) is 0 Å². The summed E-state index contributed by atoms with van der Waals surface area (Å²) in [4.78, 5) is 4.22. The van der Waals surface area contributed by atoms with Crippen LogP contribution < -0.4 is 14.8 Å². The molecular weight excluding hydrogens is 252 g/mol. The zero-order valence-corrected chi connectivity index (χ0v) is 11.7. The fraction of sp³-hybridized carbons (Fsp3) is 0.312. The van der Waals surface area contributed by atoms with Crippen molar-refractivity contribution in [1.29, 1.82) is 0 Å². The van der Waals surface area contributed by atoms with Crippen molar-refractivity contribution in [3.8, 4) is 11.5 Å². The van der Waals surface area contributed by atoms with Gasteiger partial charge in [0.15, 0.2) is 0 Å².